The van der Waals surface area contributed by atoms with Gasteiger partial charge in [-0.1, -0.05) is 6.92 Å². The lowest BCUT2D eigenvalue weighted by Crippen LogP contribution is -2.42. The number of rotatable bonds is 6. The second-order valence-corrected chi connectivity index (χ2v) is 5.09. The first-order valence-corrected chi connectivity index (χ1v) is 6.63. The molecule has 1 saturated heterocycles. The first-order chi connectivity index (χ1) is 8.87. The van der Waals surface area contributed by atoms with Crippen LogP contribution in [0.25, 0.3) is 0 Å². The number of hydrogen-bond acceptors (Lipinski definition) is 3. The fourth-order valence-electron chi connectivity index (χ4n) is 2.02. The minimum Gasteiger partial charge on any atom is -0.354 e. The van der Waals surface area contributed by atoms with E-state index < -0.39 is 18.6 Å². The molecule has 1 heterocycles. The van der Waals surface area contributed by atoms with Crippen LogP contribution in [0, 0.1) is 5.92 Å². The predicted molar refractivity (Wildman–Crippen MR) is 66.8 cm³/mol. The van der Waals surface area contributed by atoms with E-state index >= 15 is 0 Å². The van der Waals surface area contributed by atoms with Crippen molar-refractivity contribution < 1.29 is 18.0 Å². The zero-order chi connectivity index (χ0) is 14.3. The maximum absolute atomic E-state index is 11.8. The third-order valence-electron chi connectivity index (χ3n) is 3.24. The molecule has 19 heavy (non-hydrogen) atoms. The molecule has 1 rings (SSSR count). The molecule has 0 aromatic carbocycles. The summed E-state index contributed by atoms with van der Waals surface area (Å²) in [7, 11) is 0. The molecule has 1 amide bonds. The van der Waals surface area contributed by atoms with Gasteiger partial charge in [-0.2, -0.15) is 13.2 Å². The van der Waals surface area contributed by atoms with Crippen LogP contribution in [0.2, 0.25) is 0 Å². The van der Waals surface area contributed by atoms with Crippen molar-refractivity contribution in [3.8, 4) is 0 Å². The molecule has 0 aromatic rings. The van der Waals surface area contributed by atoms with Crippen LogP contribution in [0.4, 0.5) is 13.2 Å². The van der Waals surface area contributed by atoms with Crippen LogP contribution in [-0.4, -0.2) is 56.3 Å². The Morgan fingerprint density at radius 1 is 1.32 bits per heavy atom. The van der Waals surface area contributed by atoms with Gasteiger partial charge in [-0.25, -0.2) is 0 Å². The highest BCUT2D eigenvalue weighted by molar-refractivity contribution is 5.77. The quantitative estimate of drug-likeness (QED) is 0.763. The molecule has 1 aliphatic heterocycles. The standard InChI is InChI=1S/C12H22F3N3O/c1-10-2-5-18(6-3-10)7-4-17-11(19)8-16-9-12(13,14)15/h10,16H,2-9H2,1H3,(H,17,19). The third kappa shape index (κ3) is 8.05. The number of carbonyl (C=O) groups excluding carboxylic acids is 1. The molecule has 1 fully saturated rings. The van der Waals surface area contributed by atoms with Crippen LogP contribution in [0.3, 0.4) is 0 Å². The van der Waals surface area contributed by atoms with Gasteiger partial charge in [0.05, 0.1) is 13.1 Å². The van der Waals surface area contributed by atoms with Gasteiger partial charge in [0.25, 0.3) is 0 Å². The van der Waals surface area contributed by atoms with E-state index in [0.717, 1.165) is 25.6 Å². The summed E-state index contributed by atoms with van der Waals surface area (Å²) in [4.78, 5) is 13.5. The second-order valence-electron chi connectivity index (χ2n) is 5.09. The van der Waals surface area contributed by atoms with Crippen molar-refractivity contribution in [2.45, 2.75) is 25.9 Å². The van der Waals surface area contributed by atoms with E-state index in [1.54, 1.807) is 0 Å². The Hall–Kier alpha value is -0.820. The summed E-state index contributed by atoms with van der Waals surface area (Å²) >= 11 is 0. The highest BCUT2D eigenvalue weighted by atomic mass is 19.4. The summed E-state index contributed by atoms with van der Waals surface area (Å²) in [6, 6.07) is 0. The SMILES string of the molecule is CC1CCN(CCNC(=O)CNCC(F)(F)F)CC1. The molecule has 7 heteroatoms. The van der Waals surface area contributed by atoms with Crippen molar-refractivity contribution in [1.29, 1.82) is 0 Å². The maximum Gasteiger partial charge on any atom is 0.401 e. The number of amides is 1. The van der Waals surface area contributed by atoms with Gasteiger partial charge in [-0.3, -0.25) is 4.79 Å². The molecule has 0 radical (unpaired) electrons. The molecular formula is C12H22F3N3O. The zero-order valence-corrected chi connectivity index (χ0v) is 11.2. The van der Waals surface area contributed by atoms with Crippen molar-refractivity contribution in [2.75, 3.05) is 39.3 Å². The van der Waals surface area contributed by atoms with Gasteiger partial charge in [0, 0.05) is 13.1 Å². The van der Waals surface area contributed by atoms with E-state index in [1.165, 1.54) is 12.8 Å². The minimum atomic E-state index is -4.27. The second kappa shape index (κ2) is 7.69. The lowest BCUT2D eigenvalue weighted by atomic mass is 9.99. The van der Waals surface area contributed by atoms with Gasteiger partial charge in [-0.05, 0) is 31.8 Å². The average Bonchev–Trinajstić information content (AvgIpc) is 2.30. The van der Waals surface area contributed by atoms with Crippen LogP contribution >= 0.6 is 0 Å². The number of likely N-dealkylation sites (tertiary alicyclic amines) is 1. The highest BCUT2D eigenvalue weighted by Crippen LogP contribution is 2.15. The number of halogens is 3. The Balaban J connectivity index is 2.01. The Kier molecular flexibility index (Phi) is 6.57. The monoisotopic (exact) mass is 281 g/mol. The third-order valence-corrected chi connectivity index (χ3v) is 3.24. The summed E-state index contributed by atoms with van der Waals surface area (Å²) in [6.45, 7) is 4.11. The molecule has 4 nitrogen and oxygen atoms in total. The molecule has 0 aromatic heterocycles. The topological polar surface area (TPSA) is 44.4 Å². The van der Waals surface area contributed by atoms with E-state index in [-0.39, 0.29) is 6.54 Å². The molecule has 0 saturated carbocycles. The first-order valence-electron chi connectivity index (χ1n) is 6.63. The van der Waals surface area contributed by atoms with E-state index in [0.29, 0.717) is 6.54 Å². The van der Waals surface area contributed by atoms with Gasteiger partial charge >= 0.3 is 6.18 Å². The summed E-state index contributed by atoms with van der Waals surface area (Å²) in [5.74, 6) is 0.368. The van der Waals surface area contributed by atoms with Crippen LogP contribution in [0.15, 0.2) is 0 Å². The van der Waals surface area contributed by atoms with Crippen molar-refractivity contribution in [3.63, 3.8) is 0 Å². The number of nitrogens with zero attached hydrogens (tertiary/aromatic N) is 1. The van der Waals surface area contributed by atoms with E-state index in [2.05, 4.69) is 22.5 Å². The van der Waals surface area contributed by atoms with E-state index in [9.17, 15) is 18.0 Å². The average molecular weight is 281 g/mol. The molecule has 0 spiro atoms. The van der Waals surface area contributed by atoms with Gasteiger partial charge < -0.3 is 15.5 Å². The lowest BCUT2D eigenvalue weighted by molar-refractivity contribution is -0.128. The van der Waals surface area contributed by atoms with Crippen molar-refractivity contribution in [1.82, 2.24) is 15.5 Å². The van der Waals surface area contributed by atoms with Crippen molar-refractivity contribution in [3.05, 3.63) is 0 Å². The number of hydrogen-bond donors (Lipinski definition) is 2. The Bertz CT molecular complexity index is 276. The molecule has 0 unspecified atom stereocenters. The molecular weight excluding hydrogens is 259 g/mol. The number of carbonyl (C=O) groups is 1. The van der Waals surface area contributed by atoms with Crippen LogP contribution in [0.5, 0.6) is 0 Å². The minimum absolute atomic E-state index is 0.295. The molecule has 112 valence electrons. The number of alkyl halides is 3. The van der Waals surface area contributed by atoms with Crippen molar-refractivity contribution >= 4 is 5.91 Å². The molecule has 0 aliphatic carbocycles. The van der Waals surface area contributed by atoms with Gasteiger partial charge in [0.15, 0.2) is 0 Å². The van der Waals surface area contributed by atoms with Crippen LogP contribution in [0.1, 0.15) is 19.8 Å². The predicted octanol–water partition coefficient (Wildman–Crippen LogP) is 0.986. The van der Waals surface area contributed by atoms with Crippen molar-refractivity contribution in [2.24, 2.45) is 5.92 Å². The van der Waals surface area contributed by atoms with Crippen LogP contribution in [-0.2, 0) is 4.79 Å². The van der Waals surface area contributed by atoms with Gasteiger partial charge in [0.1, 0.15) is 0 Å². The molecule has 1 aliphatic rings. The van der Waals surface area contributed by atoms with E-state index in [1.807, 2.05) is 0 Å². The molecule has 0 bridgehead atoms. The summed E-state index contributed by atoms with van der Waals surface area (Å²) in [5.41, 5.74) is 0. The Labute approximate surface area is 111 Å². The molecule has 2 N–H and O–H groups in total. The fourth-order valence-corrected chi connectivity index (χ4v) is 2.02. The fraction of sp³-hybridized carbons (Fsp3) is 0.917. The summed E-state index contributed by atoms with van der Waals surface area (Å²) < 4.78 is 35.5. The first kappa shape index (κ1) is 16.2. The lowest BCUT2D eigenvalue weighted by Gasteiger charge is -2.30. The summed E-state index contributed by atoms with van der Waals surface area (Å²) in [6.07, 6.45) is -1.94. The Morgan fingerprint density at radius 3 is 2.53 bits per heavy atom. The smallest absolute Gasteiger partial charge is 0.354 e. The van der Waals surface area contributed by atoms with Crippen LogP contribution < -0.4 is 10.6 Å². The molecule has 0 atom stereocenters. The Morgan fingerprint density at radius 2 is 1.95 bits per heavy atom. The normalized spacial score (nSPS) is 18.5. The largest absolute Gasteiger partial charge is 0.401 e. The van der Waals surface area contributed by atoms with Gasteiger partial charge in [0.2, 0.25) is 5.91 Å². The number of piperidine rings is 1. The zero-order valence-electron chi connectivity index (χ0n) is 11.2. The number of nitrogens with one attached hydrogen (secondary N) is 2. The highest BCUT2D eigenvalue weighted by Gasteiger charge is 2.26. The van der Waals surface area contributed by atoms with E-state index in [4.69, 9.17) is 0 Å². The summed E-state index contributed by atoms with van der Waals surface area (Å²) in [5, 5.41) is 4.69. The van der Waals surface area contributed by atoms with Gasteiger partial charge in [-0.15, -0.1) is 0 Å². The maximum atomic E-state index is 11.8.